The summed E-state index contributed by atoms with van der Waals surface area (Å²) in [5.74, 6) is -0.0806. The van der Waals surface area contributed by atoms with Gasteiger partial charge in [-0.1, -0.05) is 47.5 Å². The van der Waals surface area contributed by atoms with Crippen molar-refractivity contribution in [2.45, 2.75) is 33.2 Å². The number of amides is 1. The number of benzene rings is 2. The zero-order valence-corrected chi connectivity index (χ0v) is 16.3. The lowest BCUT2D eigenvalue weighted by Gasteiger charge is -2.22. The third-order valence-electron chi connectivity index (χ3n) is 4.10. The van der Waals surface area contributed by atoms with E-state index in [0.29, 0.717) is 18.7 Å². The van der Waals surface area contributed by atoms with Gasteiger partial charge in [0.1, 0.15) is 0 Å². The molecule has 2 rings (SSSR count). The van der Waals surface area contributed by atoms with Crippen LogP contribution < -0.4 is 9.62 Å². The average molecular weight is 375 g/mol. The van der Waals surface area contributed by atoms with Crippen molar-refractivity contribution in [2.75, 3.05) is 17.1 Å². The Labute approximate surface area is 156 Å². The molecular weight excluding hydrogens is 348 g/mol. The van der Waals surface area contributed by atoms with E-state index >= 15 is 0 Å². The van der Waals surface area contributed by atoms with E-state index in [4.69, 9.17) is 0 Å². The second-order valence-electron chi connectivity index (χ2n) is 6.54. The summed E-state index contributed by atoms with van der Waals surface area (Å²) < 4.78 is 25.5. The molecule has 0 fully saturated rings. The van der Waals surface area contributed by atoms with Gasteiger partial charge in [0, 0.05) is 19.5 Å². The van der Waals surface area contributed by atoms with Gasteiger partial charge in [0.05, 0.1) is 11.9 Å². The van der Waals surface area contributed by atoms with Gasteiger partial charge in [-0.05, 0) is 38.0 Å². The zero-order valence-electron chi connectivity index (χ0n) is 15.5. The third kappa shape index (κ3) is 6.19. The van der Waals surface area contributed by atoms with E-state index in [9.17, 15) is 13.2 Å². The number of nitrogens with one attached hydrogen (secondary N) is 1. The van der Waals surface area contributed by atoms with Crippen LogP contribution in [0.15, 0.2) is 48.5 Å². The Morgan fingerprint density at radius 2 is 1.50 bits per heavy atom. The minimum absolute atomic E-state index is 0.0806. The molecule has 0 saturated carbocycles. The van der Waals surface area contributed by atoms with Crippen molar-refractivity contribution in [2.24, 2.45) is 0 Å². The van der Waals surface area contributed by atoms with Crippen LogP contribution in [0.1, 0.15) is 29.5 Å². The molecule has 0 spiro atoms. The van der Waals surface area contributed by atoms with E-state index in [1.54, 1.807) is 12.1 Å². The molecule has 0 unspecified atom stereocenters. The molecule has 1 N–H and O–H groups in total. The first-order valence-electron chi connectivity index (χ1n) is 8.62. The summed E-state index contributed by atoms with van der Waals surface area (Å²) in [6, 6.07) is 15.3. The maximum atomic E-state index is 12.1. The zero-order chi connectivity index (χ0) is 19.2. The molecule has 0 heterocycles. The quantitative estimate of drug-likeness (QED) is 0.772. The fourth-order valence-electron chi connectivity index (χ4n) is 2.58. The monoisotopic (exact) mass is 374 g/mol. The van der Waals surface area contributed by atoms with Gasteiger partial charge in [0.15, 0.2) is 0 Å². The van der Waals surface area contributed by atoms with Crippen molar-refractivity contribution in [3.8, 4) is 0 Å². The first-order chi connectivity index (χ1) is 12.3. The molecule has 140 valence electrons. The molecule has 0 atom stereocenters. The van der Waals surface area contributed by atoms with Gasteiger partial charge in [-0.25, -0.2) is 8.42 Å². The predicted molar refractivity (Wildman–Crippen MR) is 106 cm³/mol. The Kier molecular flexibility index (Phi) is 6.80. The van der Waals surface area contributed by atoms with Crippen LogP contribution >= 0.6 is 0 Å². The summed E-state index contributed by atoms with van der Waals surface area (Å²) in [6.07, 6.45) is 1.93. The minimum atomic E-state index is -3.39. The number of anilines is 1. The molecule has 0 aliphatic rings. The summed E-state index contributed by atoms with van der Waals surface area (Å²) in [5, 5.41) is 2.87. The minimum Gasteiger partial charge on any atom is -0.352 e. The number of rotatable bonds is 8. The lowest BCUT2D eigenvalue weighted by atomic mass is 10.1. The third-order valence-corrected chi connectivity index (χ3v) is 5.29. The van der Waals surface area contributed by atoms with Gasteiger partial charge >= 0.3 is 0 Å². The highest BCUT2D eigenvalue weighted by molar-refractivity contribution is 7.92. The van der Waals surface area contributed by atoms with E-state index in [2.05, 4.69) is 5.32 Å². The Balaban J connectivity index is 1.85. The maximum Gasteiger partial charge on any atom is 0.232 e. The standard InChI is InChI=1S/C20H26N2O3S/c1-16-6-10-18(11-7-16)15-21-20(23)5-4-14-22(26(3,24)25)19-12-8-17(2)9-13-19/h6-13H,4-5,14-15H2,1-3H3,(H,21,23). The van der Waals surface area contributed by atoms with Crippen LogP contribution in [0.25, 0.3) is 0 Å². The maximum absolute atomic E-state index is 12.1. The summed E-state index contributed by atoms with van der Waals surface area (Å²) in [6.45, 7) is 4.73. The second-order valence-corrected chi connectivity index (χ2v) is 8.44. The molecule has 1 amide bonds. The van der Waals surface area contributed by atoms with Crippen molar-refractivity contribution >= 4 is 21.6 Å². The number of hydrogen-bond acceptors (Lipinski definition) is 3. The van der Waals surface area contributed by atoms with Gasteiger partial charge in [-0.2, -0.15) is 0 Å². The van der Waals surface area contributed by atoms with Gasteiger partial charge in [-0.3, -0.25) is 9.10 Å². The van der Waals surface area contributed by atoms with Crippen LogP contribution in [0, 0.1) is 13.8 Å². The molecule has 0 radical (unpaired) electrons. The molecule has 0 aromatic heterocycles. The number of carbonyl (C=O) groups excluding carboxylic acids is 1. The summed E-state index contributed by atoms with van der Waals surface area (Å²) >= 11 is 0. The highest BCUT2D eigenvalue weighted by Crippen LogP contribution is 2.18. The Bertz CT molecular complexity index is 828. The summed E-state index contributed by atoms with van der Waals surface area (Å²) in [4.78, 5) is 12.0. The molecule has 0 aliphatic heterocycles. The van der Waals surface area contributed by atoms with Crippen molar-refractivity contribution < 1.29 is 13.2 Å². The van der Waals surface area contributed by atoms with Gasteiger partial charge < -0.3 is 5.32 Å². The number of carbonyl (C=O) groups is 1. The molecule has 0 aliphatic carbocycles. The van der Waals surface area contributed by atoms with Crippen LogP contribution in [0.2, 0.25) is 0 Å². The number of hydrogen-bond donors (Lipinski definition) is 1. The van der Waals surface area contributed by atoms with Gasteiger partial charge in [-0.15, -0.1) is 0 Å². The van der Waals surface area contributed by atoms with E-state index in [1.165, 1.54) is 16.1 Å². The molecule has 0 bridgehead atoms. The number of nitrogens with zero attached hydrogens (tertiary/aromatic N) is 1. The number of aryl methyl sites for hydroxylation is 2. The normalized spacial score (nSPS) is 11.2. The largest absolute Gasteiger partial charge is 0.352 e. The van der Waals surface area contributed by atoms with E-state index in [-0.39, 0.29) is 18.9 Å². The predicted octanol–water partition coefficient (Wildman–Crippen LogP) is 3.17. The Hall–Kier alpha value is -2.34. The van der Waals surface area contributed by atoms with Crippen LogP contribution in [0.4, 0.5) is 5.69 Å². The van der Waals surface area contributed by atoms with Crippen LogP contribution in [-0.4, -0.2) is 27.1 Å². The van der Waals surface area contributed by atoms with Crippen molar-refractivity contribution in [3.05, 3.63) is 65.2 Å². The van der Waals surface area contributed by atoms with Gasteiger partial charge in [0.25, 0.3) is 0 Å². The molecule has 6 heteroatoms. The molecule has 5 nitrogen and oxygen atoms in total. The first-order valence-corrected chi connectivity index (χ1v) is 10.5. The fraction of sp³-hybridized carbons (Fsp3) is 0.350. The van der Waals surface area contributed by atoms with Crippen molar-refractivity contribution in [3.63, 3.8) is 0 Å². The average Bonchev–Trinajstić information content (AvgIpc) is 2.58. The molecular formula is C20H26N2O3S. The lowest BCUT2D eigenvalue weighted by molar-refractivity contribution is -0.121. The van der Waals surface area contributed by atoms with Crippen LogP contribution in [0.3, 0.4) is 0 Å². The second kappa shape index (κ2) is 8.85. The highest BCUT2D eigenvalue weighted by atomic mass is 32.2. The fourth-order valence-corrected chi connectivity index (χ4v) is 3.54. The van der Waals surface area contributed by atoms with E-state index < -0.39 is 10.0 Å². The van der Waals surface area contributed by atoms with Crippen molar-refractivity contribution in [1.29, 1.82) is 0 Å². The van der Waals surface area contributed by atoms with Crippen LogP contribution in [-0.2, 0) is 21.4 Å². The van der Waals surface area contributed by atoms with Crippen molar-refractivity contribution in [1.82, 2.24) is 5.32 Å². The van der Waals surface area contributed by atoms with E-state index in [1.807, 2.05) is 50.2 Å². The smallest absolute Gasteiger partial charge is 0.232 e. The van der Waals surface area contributed by atoms with Crippen LogP contribution in [0.5, 0.6) is 0 Å². The summed E-state index contributed by atoms with van der Waals surface area (Å²) in [5.41, 5.74) is 3.91. The molecule has 0 saturated heterocycles. The Morgan fingerprint density at radius 1 is 0.962 bits per heavy atom. The summed E-state index contributed by atoms with van der Waals surface area (Å²) in [7, 11) is -3.39. The lowest BCUT2D eigenvalue weighted by Crippen LogP contribution is -2.32. The Morgan fingerprint density at radius 3 is 2.04 bits per heavy atom. The SMILES string of the molecule is Cc1ccc(CNC(=O)CCCN(c2ccc(C)cc2)S(C)(=O)=O)cc1. The van der Waals surface area contributed by atoms with Gasteiger partial charge in [0.2, 0.25) is 15.9 Å². The van der Waals surface area contributed by atoms with E-state index in [0.717, 1.165) is 11.1 Å². The molecule has 2 aromatic carbocycles. The first kappa shape index (κ1) is 20.0. The molecule has 2 aromatic rings. The highest BCUT2D eigenvalue weighted by Gasteiger charge is 2.17. The molecule has 26 heavy (non-hydrogen) atoms. The topological polar surface area (TPSA) is 66.5 Å². The number of sulfonamides is 1.